The van der Waals surface area contributed by atoms with Crippen LogP contribution in [0.5, 0.6) is 5.75 Å². The maximum Gasteiger partial charge on any atom is 0.459 e. The van der Waals surface area contributed by atoms with E-state index in [2.05, 4.69) is 20.0 Å². The predicted molar refractivity (Wildman–Crippen MR) is 151 cm³/mol. The van der Waals surface area contributed by atoms with Crippen LogP contribution in [0.4, 0.5) is 19.0 Å². The Bertz CT molecular complexity index is 1710. The number of nitrogen functional groups attached to an aromatic ring is 1. The van der Waals surface area contributed by atoms with Gasteiger partial charge in [0.05, 0.1) is 19.0 Å². The van der Waals surface area contributed by atoms with Crippen molar-refractivity contribution in [1.82, 2.24) is 24.6 Å². The van der Waals surface area contributed by atoms with Crippen LogP contribution in [0.2, 0.25) is 0 Å². The van der Waals surface area contributed by atoms with Gasteiger partial charge < -0.3 is 24.8 Å². The first-order valence-corrected chi connectivity index (χ1v) is 15.0. The number of benzene rings is 2. The normalized spacial score (nSPS) is 24.2. The van der Waals surface area contributed by atoms with Crippen LogP contribution >= 0.6 is 7.75 Å². The second-order valence-corrected chi connectivity index (χ2v) is 12.1. The number of nitrogens with one attached hydrogen (secondary N) is 1. The number of carbonyl (C=O) groups is 1. The first-order valence-electron chi connectivity index (χ1n) is 13.5. The smallest absolute Gasteiger partial charge is 0.459 e. The number of imidazole rings is 1. The maximum absolute atomic E-state index is 15.7. The van der Waals surface area contributed by atoms with E-state index >= 15 is 4.39 Å². The van der Waals surface area contributed by atoms with E-state index < -0.39 is 63.0 Å². The van der Waals surface area contributed by atoms with Gasteiger partial charge in [-0.1, -0.05) is 36.4 Å². The zero-order chi connectivity index (χ0) is 31.8. The summed E-state index contributed by atoms with van der Waals surface area (Å²) in [6.07, 6.45) is -8.63. The Morgan fingerprint density at radius 2 is 1.91 bits per heavy atom. The van der Waals surface area contributed by atoms with E-state index in [9.17, 15) is 23.2 Å². The molecule has 0 radical (unpaired) electrons. The number of nitrogens with zero attached hydrogens (tertiary/aromatic N) is 4. The van der Waals surface area contributed by atoms with Gasteiger partial charge in [0, 0.05) is 5.39 Å². The molecule has 1 aliphatic heterocycles. The molecule has 0 spiro atoms. The van der Waals surface area contributed by atoms with Crippen molar-refractivity contribution in [1.29, 1.82) is 0 Å². The highest BCUT2D eigenvalue weighted by molar-refractivity contribution is 7.52. The van der Waals surface area contributed by atoms with E-state index in [4.69, 9.17) is 24.3 Å². The SMILES string of the molecule is CC(C)OC(=O)C(C)NP(=O)(OCC1(C(F)F)OC(n2cnc3c(N)ncnc32)C(O)C1F)Oc1cccc2ccccc12. The van der Waals surface area contributed by atoms with Crippen LogP contribution in [0.3, 0.4) is 0 Å². The Labute approximate surface area is 249 Å². The van der Waals surface area contributed by atoms with Crippen molar-refractivity contribution in [2.24, 2.45) is 0 Å². The molecular formula is C27H30F3N6O7P. The number of carbonyl (C=O) groups excluding carboxylic acids is 1. The minimum absolute atomic E-state index is 0.0103. The number of aromatic nitrogens is 4. The van der Waals surface area contributed by atoms with Crippen molar-refractivity contribution < 1.29 is 46.2 Å². The molecular weight excluding hydrogens is 608 g/mol. The van der Waals surface area contributed by atoms with Gasteiger partial charge in [0.1, 0.15) is 29.7 Å². The highest BCUT2D eigenvalue weighted by Crippen LogP contribution is 2.51. The number of alkyl halides is 3. The van der Waals surface area contributed by atoms with Crippen LogP contribution in [0.1, 0.15) is 27.0 Å². The predicted octanol–water partition coefficient (Wildman–Crippen LogP) is 3.93. The maximum atomic E-state index is 15.7. The molecule has 236 valence electrons. The largest absolute Gasteiger partial charge is 0.462 e. The molecule has 5 rings (SSSR count). The molecule has 0 amide bonds. The Hall–Kier alpha value is -3.82. The summed E-state index contributed by atoms with van der Waals surface area (Å²) in [4.78, 5) is 24.3. The summed E-state index contributed by atoms with van der Waals surface area (Å²) in [6.45, 7) is 3.13. The molecule has 1 aliphatic rings. The lowest BCUT2D eigenvalue weighted by Gasteiger charge is -2.32. The van der Waals surface area contributed by atoms with Crippen LogP contribution in [0, 0.1) is 0 Å². The van der Waals surface area contributed by atoms with E-state index in [-0.39, 0.29) is 22.7 Å². The molecule has 13 nitrogen and oxygen atoms in total. The molecule has 1 fully saturated rings. The average molecular weight is 639 g/mol. The Kier molecular flexibility index (Phi) is 8.82. The lowest BCUT2D eigenvalue weighted by molar-refractivity contribution is -0.182. The minimum atomic E-state index is -4.77. The topological polar surface area (TPSA) is 173 Å². The van der Waals surface area contributed by atoms with Crippen LogP contribution < -0.4 is 15.3 Å². The second-order valence-electron chi connectivity index (χ2n) is 10.4. The molecule has 2 aromatic carbocycles. The summed E-state index contributed by atoms with van der Waals surface area (Å²) in [6, 6.07) is 10.4. The summed E-state index contributed by atoms with van der Waals surface area (Å²) in [7, 11) is -4.77. The average Bonchev–Trinajstić information content (AvgIpc) is 3.52. The van der Waals surface area contributed by atoms with Gasteiger partial charge in [0.2, 0.25) is 0 Å². The molecule has 4 aromatic rings. The van der Waals surface area contributed by atoms with E-state index in [0.29, 0.717) is 10.8 Å². The molecule has 3 heterocycles. The number of anilines is 1. The number of esters is 1. The van der Waals surface area contributed by atoms with Gasteiger partial charge in [-0.25, -0.2) is 32.7 Å². The number of aliphatic hydroxyl groups is 1. The third kappa shape index (κ3) is 5.95. The number of aliphatic hydroxyl groups excluding tert-OH is 1. The van der Waals surface area contributed by atoms with Crippen molar-refractivity contribution >= 4 is 41.5 Å². The first kappa shape index (κ1) is 31.6. The van der Waals surface area contributed by atoms with Crippen LogP contribution in [-0.4, -0.2) is 73.6 Å². The monoisotopic (exact) mass is 638 g/mol. The molecule has 0 bridgehead atoms. The molecule has 0 saturated carbocycles. The Morgan fingerprint density at radius 1 is 1.18 bits per heavy atom. The van der Waals surface area contributed by atoms with Gasteiger partial charge in [-0.3, -0.25) is 13.9 Å². The molecule has 2 aromatic heterocycles. The molecule has 17 heteroatoms. The van der Waals surface area contributed by atoms with Gasteiger partial charge >= 0.3 is 13.7 Å². The number of ether oxygens (including phenoxy) is 2. The van der Waals surface area contributed by atoms with Crippen LogP contribution in [0.15, 0.2) is 55.1 Å². The van der Waals surface area contributed by atoms with Crippen molar-refractivity contribution in [2.45, 2.75) is 63.4 Å². The first-order chi connectivity index (χ1) is 20.8. The fourth-order valence-corrected chi connectivity index (χ4v) is 6.27. The summed E-state index contributed by atoms with van der Waals surface area (Å²) in [5.74, 6) is -0.846. The summed E-state index contributed by atoms with van der Waals surface area (Å²) in [5.41, 5.74) is 2.71. The lowest BCUT2D eigenvalue weighted by Crippen LogP contribution is -2.51. The second kappa shape index (κ2) is 12.3. The molecule has 4 N–H and O–H groups in total. The molecule has 1 saturated heterocycles. The number of halogens is 3. The highest BCUT2D eigenvalue weighted by Gasteiger charge is 2.63. The van der Waals surface area contributed by atoms with Crippen LogP contribution in [0.25, 0.3) is 21.9 Å². The standard InChI is InChI=1S/C27H30F3N6O7P/c1-14(2)41-25(38)15(3)35-44(39,43-18-10-6-8-16-7-4-5-9-17(16)18)40-11-27(26(29)30)21(28)20(37)24(42-27)36-13-34-19-22(31)32-12-33-23(19)36/h4-10,12-15,20-21,24,26,37H,11H2,1-3H3,(H,35,39)(H2,31,32,33). The number of rotatable bonds is 11. The minimum Gasteiger partial charge on any atom is -0.462 e. The van der Waals surface area contributed by atoms with Gasteiger partial charge in [-0.15, -0.1) is 0 Å². The number of hydrogen-bond acceptors (Lipinski definition) is 11. The van der Waals surface area contributed by atoms with Crippen molar-refractivity contribution in [3.63, 3.8) is 0 Å². The zero-order valence-corrected chi connectivity index (χ0v) is 24.6. The Morgan fingerprint density at radius 3 is 2.64 bits per heavy atom. The Balaban J connectivity index is 1.47. The number of hydrogen-bond donors (Lipinski definition) is 3. The number of nitrogens with two attached hydrogens (primary N) is 1. The van der Waals surface area contributed by atoms with E-state index in [1.807, 2.05) is 0 Å². The van der Waals surface area contributed by atoms with Crippen molar-refractivity contribution in [3.05, 3.63) is 55.1 Å². The van der Waals surface area contributed by atoms with Gasteiger partial charge in [-0.2, -0.15) is 5.09 Å². The van der Waals surface area contributed by atoms with E-state index in [1.54, 1.807) is 50.2 Å². The third-order valence-corrected chi connectivity index (χ3v) is 8.52. The van der Waals surface area contributed by atoms with Crippen molar-refractivity contribution in [3.8, 4) is 5.75 Å². The van der Waals surface area contributed by atoms with Crippen molar-refractivity contribution in [2.75, 3.05) is 12.3 Å². The highest BCUT2D eigenvalue weighted by atomic mass is 31.2. The third-order valence-electron chi connectivity index (χ3n) is 6.92. The van der Waals surface area contributed by atoms with E-state index in [0.717, 1.165) is 17.2 Å². The van der Waals surface area contributed by atoms with Gasteiger partial charge in [0.25, 0.3) is 6.43 Å². The van der Waals surface area contributed by atoms with Gasteiger partial charge in [-0.05, 0) is 32.2 Å². The summed E-state index contributed by atoms with van der Waals surface area (Å²) in [5, 5.41) is 14.3. The summed E-state index contributed by atoms with van der Waals surface area (Å²) >= 11 is 0. The zero-order valence-electron chi connectivity index (χ0n) is 23.7. The molecule has 6 unspecified atom stereocenters. The molecule has 44 heavy (non-hydrogen) atoms. The quantitative estimate of drug-likeness (QED) is 0.160. The van der Waals surface area contributed by atoms with Crippen LogP contribution in [-0.2, 0) is 23.4 Å². The summed E-state index contributed by atoms with van der Waals surface area (Å²) < 4.78 is 82.1. The molecule has 0 aliphatic carbocycles. The fraction of sp³-hybridized carbons (Fsp3) is 0.407. The van der Waals surface area contributed by atoms with Gasteiger partial charge in [0.15, 0.2) is 29.5 Å². The number of fused-ring (bicyclic) bond motifs is 2. The van der Waals surface area contributed by atoms with E-state index in [1.165, 1.54) is 13.0 Å². The molecule has 6 atom stereocenters. The fourth-order valence-electron chi connectivity index (χ4n) is 4.72. The lowest BCUT2D eigenvalue weighted by atomic mass is 9.98.